The lowest BCUT2D eigenvalue weighted by molar-refractivity contribution is -0.136. The van der Waals surface area contributed by atoms with E-state index in [9.17, 15) is 4.79 Å². The van der Waals surface area contributed by atoms with Crippen molar-refractivity contribution in [2.24, 2.45) is 5.92 Å². The number of hydrogen-bond donors (Lipinski definition) is 0. The van der Waals surface area contributed by atoms with Crippen molar-refractivity contribution in [3.05, 3.63) is 45.9 Å². The van der Waals surface area contributed by atoms with E-state index in [0.29, 0.717) is 13.2 Å². The van der Waals surface area contributed by atoms with Gasteiger partial charge in [0.25, 0.3) is 0 Å². The lowest BCUT2D eigenvalue weighted by atomic mass is 9.95. The number of aryl methyl sites for hydroxylation is 1. The third kappa shape index (κ3) is 3.08. The van der Waals surface area contributed by atoms with E-state index in [4.69, 9.17) is 4.74 Å². The van der Waals surface area contributed by atoms with Gasteiger partial charge in [-0.05, 0) is 25.0 Å². The van der Waals surface area contributed by atoms with Crippen molar-refractivity contribution >= 4 is 17.2 Å². The van der Waals surface area contributed by atoms with Crippen LogP contribution in [0.2, 0.25) is 0 Å². The van der Waals surface area contributed by atoms with Gasteiger partial charge in [-0.3, -0.25) is 4.79 Å². The minimum absolute atomic E-state index is 0.106. The summed E-state index contributed by atoms with van der Waals surface area (Å²) in [6.07, 6.45) is 0.746. The van der Waals surface area contributed by atoms with Crippen molar-refractivity contribution in [1.82, 2.24) is 9.88 Å². The molecule has 0 saturated carbocycles. The molecule has 0 spiro atoms. The second-order valence-corrected chi connectivity index (χ2v) is 6.34. The highest BCUT2D eigenvalue weighted by atomic mass is 32.1. The van der Waals surface area contributed by atoms with Gasteiger partial charge in [0.2, 0.25) is 5.91 Å². The molecule has 0 fully saturated rings. The maximum Gasteiger partial charge on any atom is 0.229 e. The van der Waals surface area contributed by atoms with Gasteiger partial charge in [0.1, 0.15) is 17.4 Å². The second-order valence-electron chi connectivity index (χ2n) is 5.40. The highest BCUT2D eigenvalue weighted by Gasteiger charge is 2.28. The van der Waals surface area contributed by atoms with Crippen LogP contribution in [-0.4, -0.2) is 29.4 Å². The monoisotopic (exact) mass is 302 g/mol. The van der Waals surface area contributed by atoms with Gasteiger partial charge in [0.05, 0.1) is 12.5 Å². The Labute approximate surface area is 128 Å². The summed E-state index contributed by atoms with van der Waals surface area (Å²) in [4.78, 5) is 18.7. The number of fused-ring (bicyclic) bond motifs is 1. The van der Waals surface area contributed by atoms with E-state index in [1.807, 2.05) is 43.6 Å². The number of carbonyl (C=O) groups excluding carboxylic acids is 1. The zero-order valence-corrected chi connectivity index (χ0v) is 13.0. The molecule has 0 radical (unpaired) electrons. The molecule has 1 aliphatic rings. The number of aromatic nitrogens is 1. The number of benzene rings is 1. The molecule has 110 valence electrons. The number of hydrogen-bond acceptors (Lipinski definition) is 4. The van der Waals surface area contributed by atoms with Gasteiger partial charge in [-0.2, -0.15) is 0 Å². The first kappa shape index (κ1) is 14.1. The molecule has 0 bridgehead atoms. The van der Waals surface area contributed by atoms with Crippen LogP contribution in [-0.2, 0) is 17.8 Å². The first-order valence-electron chi connectivity index (χ1n) is 7.00. The highest BCUT2D eigenvalue weighted by Crippen LogP contribution is 2.27. The van der Waals surface area contributed by atoms with E-state index in [0.717, 1.165) is 28.4 Å². The average Bonchev–Trinajstić information content (AvgIpc) is 2.91. The summed E-state index contributed by atoms with van der Waals surface area (Å²) in [6.45, 7) is 2.99. The number of nitrogens with zero attached hydrogens (tertiary/aromatic N) is 2. The van der Waals surface area contributed by atoms with Crippen LogP contribution in [0.3, 0.4) is 0 Å². The largest absolute Gasteiger partial charge is 0.492 e. The van der Waals surface area contributed by atoms with E-state index in [2.05, 4.69) is 4.98 Å². The average molecular weight is 302 g/mol. The zero-order valence-electron chi connectivity index (χ0n) is 12.2. The normalized spacial score (nSPS) is 17.0. The standard InChI is InChI=1S/C16H18N2O2S/c1-11-10-21-15(17-11)8-18(2)16(19)13-7-12-5-3-4-6-14(12)20-9-13/h3-6,10,13H,7-9H2,1-2H3/t13-/m1/s1. The fourth-order valence-electron chi connectivity index (χ4n) is 2.55. The van der Waals surface area contributed by atoms with E-state index in [-0.39, 0.29) is 11.8 Å². The van der Waals surface area contributed by atoms with Gasteiger partial charge in [-0.25, -0.2) is 4.98 Å². The summed E-state index contributed by atoms with van der Waals surface area (Å²) in [6, 6.07) is 7.92. The number of rotatable bonds is 3. The molecule has 2 heterocycles. The SMILES string of the molecule is Cc1csc(CN(C)C(=O)[C@H]2COc3ccccc3C2)n1. The quantitative estimate of drug-likeness (QED) is 0.875. The molecule has 0 aliphatic carbocycles. The van der Waals surface area contributed by atoms with Gasteiger partial charge in [-0.1, -0.05) is 18.2 Å². The van der Waals surface area contributed by atoms with Crippen LogP contribution < -0.4 is 4.74 Å². The predicted molar refractivity (Wildman–Crippen MR) is 82.5 cm³/mol. The zero-order chi connectivity index (χ0) is 14.8. The summed E-state index contributed by atoms with van der Waals surface area (Å²) in [5, 5.41) is 2.98. The van der Waals surface area contributed by atoms with Crippen LogP contribution in [0.1, 0.15) is 16.3 Å². The molecule has 3 rings (SSSR count). The fourth-order valence-corrected chi connectivity index (χ4v) is 3.38. The Morgan fingerprint density at radius 1 is 1.48 bits per heavy atom. The number of ether oxygens (including phenoxy) is 1. The summed E-state index contributed by atoms with van der Waals surface area (Å²) >= 11 is 1.59. The van der Waals surface area contributed by atoms with Gasteiger partial charge in [-0.15, -0.1) is 11.3 Å². The molecule has 1 aromatic carbocycles. The molecular weight excluding hydrogens is 284 g/mol. The highest BCUT2D eigenvalue weighted by molar-refractivity contribution is 7.09. The third-order valence-corrected chi connectivity index (χ3v) is 4.59. The minimum Gasteiger partial charge on any atom is -0.492 e. The summed E-state index contributed by atoms with van der Waals surface area (Å²) in [7, 11) is 1.83. The van der Waals surface area contributed by atoms with E-state index < -0.39 is 0 Å². The topological polar surface area (TPSA) is 42.4 Å². The van der Waals surface area contributed by atoms with Crippen LogP contribution in [0.5, 0.6) is 5.75 Å². The van der Waals surface area contributed by atoms with Gasteiger partial charge in [0.15, 0.2) is 0 Å². The van der Waals surface area contributed by atoms with Crippen LogP contribution in [0.4, 0.5) is 0 Å². The molecular formula is C16H18N2O2S. The van der Waals surface area contributed by atoms with Crippen molar-refractivity contribution < 1.29 is 9.53 Å². The summed E-state index contributed by atoms with van der Waals surface area (Å²) in [5.74, 6) is 0.920. The van der Waals surface area contributed by atoms with Crippen molar-refractivity contribution in [2.45, 2.75) is 19.9 Å². The predicted octanol–water partition coefficient (Wildman–Crippen LogP) is 2.66. The third-order valence-electron chi connectivity index (χ3n) is 3.64. The fraction of sp³-hybridized carbons (Fsp3) is 0.375. The van der Waals surface area contributed by atoms with Crippen molar-refractivity contribution in [2.75, 3.05) is 13.7 Å². The van der Waals surface area contributed by atoms with E-state index in [1.165, 1.54) is 0 Å². The van der Waals surface area contributed by atoms with E-state index >= 15 is 0 Å². The van der Waals surface area contributed by atoms with Gasteiger partial charge < -0.3 is 9.64 Å². The Morgan fingerprint density at radius 3 is 3.05 bits per heavy atom. The van der Waals surface area contributed by atoms with Crippen LogP contribution >= 0.6 is 11.3 Å². The smallest absolute Gasteiger partial charge is 0.229 e. The lowest BCUT2D eigenvalue weighted by Crippen LogP contribution is -2.38. The Bertz CT molecular complexity index is 653. The van der Waals surface area contributed by atoms with Crippen molar-refractivity contribution in [3.63, 3.8) is 0 Å². The molecule has 4 nitrogen and oxygen atoms in total. The van der Waals surface area contributed by atoms with Crippen LogP contribution in [0, 0.1) is 12.8 Å². The Balaban J connectivity index is 1.66. The minimum atomic E-state index is -0.106. The van der Waals surface area contributed by atoms with Crippen LogP contribution in [0.25, 0.3) is 0 Å². The first-order valence-corrected chi connectivity index (χ1v) is 7.88. The molecule has 0 unspecified atom stereocenters. The Morgan fingerprint density at radius 2 is 2.29 bits per heavy atom. The number of para-hydroxylation sites is 1. The molecule has 0 saturated heterocycles. The summed E-state index contributed by atoms with van der Waals surface area (Å²) < 4.78 is 5.70. The second kappa shape index (κ2) is 5.85. The van der Waals surface area contributed by atoms with Gasteiger partial charge in [0, 0.05) is 18.1 Å². The van der Waals surface area contributed by atoms with E-state index in [1.54, 1.807) is 16.2 Å². The van der Waals surface area contributed by atoms with Crippen molar-refractivity contribution in [3.8, 4) is 5.75 Å². The molecule has 5 heteroatoms. The van der Waals surface area contributed by atoms with Crippen LogP contribution in [0.15, 0.2) is 29.6 Å². The Kier molecular flexibility index (Phi) is 3.92. The number of carbonyl (C=O) groups is 1. The maximum absolute atomic E-state index is 12.5. The molecule has 1 aromatic heterocycles. The summed E-state index contributed by atoms with van der Waals surface area (Å²) in [5.41, 5.74) is 2.12. The Hall–Kier alpha value is -1.88. The number of amides is 1. The first-order chi connectivity index (χ1) is 10.1. The molecule has 1 aliphatic heterocycles. The molecule has 21 heavy (non-hydrogen) atoms. The molecule has 0 N–H and O–H groups in total. The number of thiazole rings is 1. The van der Waals surface area contributed by atoms with Crippen molar-refractivity contribution in [1.29, 1.82) is 0 Å². The lowest BCUT2D eigenvalue weighted by Gasteiger charge is -2.27. The van der Waals surface area contributed by atoms with Gasteiger partial charge >= 0.3 is 0 Å². The molecule has 1 atom stereocenters. The molecule has 2 aromatic rings. The molecule has 1 amide bonds. The maximum atomic E-state index is 12.5.